The first-order valence-electron chi connectivity index (χ1n) is 7.31. The van der Waals surface area contributed by atoms with Gasteiger partial charge in [-0.25, -0.2) is 4.79 Å². The van der Waals surface area contributed by atoms with E-state index >= 15 is 0 Å². The van der Waals surface area contributed by atoms with Crippen LogP contribution in [0.1, 0.15) is 36.2 Å². The molecule has 1 rings (SSSR count). The van der Waals surface area contributed by atoms with E-state index in [0.717, 1.165) is 12.1 Å². The first-order valence-corrected chi connectivity index (χ1v) is 8.92. The molecule has 0 fully saturated rings. The third kappa shape index (κ3) is 6.24. The number of carbonyl (C=O) groups is 1. The van der Waals surface area contributed by atoms with Crippen molar-refractivity contribution in [2.45, 2.75) is 32.0 Å². The molecule has 0 bridgehead atoms. The maximum Gasteiger partial charge on any atom is 0.419 e. The number of alkyl halides is 3. The van der Waals surface area contributed by atoms with Gasteiger partial charge < -0.3 is 9.47 Å². The second-order valence-electron chi connectivity index (χ2n) is 5.46. The minimum Gasteiger partial charge on any atom is -0.474 e. The normalized spacial score (nSPS) is 14.2. The molecule has 26 heavy (non-hydrogen) atoms. The number of carbonyl (C=O) groups excluding carboxylic acids is 1. The summed E-state index contributed by atoms with van der Waals surface area (Å²) < 4.78 is 79.1. The van der Waals surface area contributed by atoms with Crippen molar-refractivity contribution in [2.24, 2.45) is 0 Å². The van der Waals surface area contributed by atoms with Crippen molar-refractivity contribution in [1.29, 1.82) is 0 Å². The van der Waals surface area contributed by atoms with Crippen LogP contribution in [0, 0.1) is 12.3 Å². The van der Waals surface area contributed by atoms with Crippen LogP contribution in [0.2, 0.25) is 0 Å². The van der Waals surface area contributed by atoms with Crippen LogP contribution in [-0.2, 0) is 21.0 Å². The predicted molar refractivity (Wildman–Crippen MR) is 86.3 cm³/mol. The quantitative estimate of drug-likeness (QED) is 0.435. The van der Waals surface area contributed by atoms with Gasteiger partial charge in [0.25, 0.3) is 10.1 Å². The second-order valence-corrected chi connectivity index (χ2v) is 7.03. The largest absolute Gasteiger partial charge is 0.474 e. The monoisotopic (exact) mass is 394 g/mol. The van der Waals surface area contributed by atoms with E-state index in [1.165, 1.54) is 6.92 Å². The fourth-order valence-electron chi connectivity index (χ4n) is 1.74. The highest BCUT2D eigenvalue weighted by molar-refractivity contribution is 7.85. The Hall–Kier alpha value is -2.25. The first kappa shape index (κ1) is 21.8. The van der Waals surface area contributed by atoms with Crippen molar-refractivity contribution in [1.82, 2.24) is 0 Å². The highest BCUT2D eigenvalue weighted by atomic mass is 32.2. The molecule has 1 atom stereocenters. The van der Waals surface area contributed by atoms with Gasteiger partial charge in [-0.2, -0.15) is 21.6 Å². The number of rotatable bonds is 7. The summed E-state index contributed by atoms with van der Waals surface area (Å²) >= 11 is 0. The number of halogens is 3. The number of benzene rings is 1. The molecule has 0 saturated heterocycles. The van der Waals surface area contributed by atoms with Crippen molar-refractivity contribution in [3.63, 3.8) is 0 Å². The van der Waals surface area contributed by atoms with Gasteiger partial charge in [0.1, 0.15) is 18.1 Å². The van der Waals surface area contributed by atoms with Gasteiger partial charge in [0, 0.05) is 0 Å². The zero-order valence-corrected chi connectivity index (χ0v) is 14.8. The van der Waals surface area contributed by atoms with E-state index in [0.29, 0.717) is 6.07 Å². The van der Waals surface area contributed by atoms with E-state index in [-0.39, 0.29) is 12.0 Å². The fraction of sp³-hybridized carbons (Fsp3) is 0.438. The van der Waals surface area contributed by atoms with Crippen LogP contribution in [0.4, 0.5) is 13.2 Å². The number of hydrogen-bond donors (Lipinski definition) is 1. The Kier molecular flexibility index (Phi) is 6.68. The van der Waals surface area contributed by atoms with Gasteiger partial charge in [-0.05, 0) is 31.5 Å². The Balaban J connectivity index is 3.16. The molecule has 0 saturated carbocycles. The average Bonchev–Trinajstić information content (AvgIpc) is 2.52. The summed E-state index contributed by atoms with van der Waals surface area (Å²) in [4.78, 5) is 11.9. The van der Waals surface area contributed by atoms with E-state index in [4.69, 9.17) is 15.7 Å². The van der Waals surface area contributed by atoms with Crippen molar-refractivity contribution < 1.29 is 40.4 Å². The minimum absolute atomic E-state index is 0.212. The van der Waals surface area contributed by atoms with Gasteiger partial charge in [-0.1, -0.05) is 12.8 Å². The number of ether oxygens (including phenoxy) is 2. The predicted octanol–water partition coefficient (Wildman–Crippen LogP) is 2.93. The third-order valence-corrected chi connectivity index (χ3v) is 4.09. The summed E-state index contributed by atoms with van der Waals surface area (Å²) in [5.74, 6) is -0.312. The summed E-state index contributed by atoms with van der Waals surface area (Å²) in [6.07, 6.45) is 0.768. The Morgan fingerprint density at radius 1 is 1.35 bits per heavy atom. The van der Waals surface area contributed by atoms with Gasteiger partial charge in [0.2, 0.25) is 0 Å². The van der Waals surface area contributed by atoms with E-state index < -0.39 is 51.5 Å². The smallest absolute Gasteiger partial charge is 0.419 e. The molecule has 0 aliphatic carbocycles. The molecule has 10 heteroatoms. The first-order chi connectivity index (χ1) is 11.8. The average molecular weight is 394 g/mol. The van der Waals surface area contributed by atoms with E-state index in [1.807, 2.05) is 0 Å². The standard InChI is InChI=1S/C16H17F3O6S/c1-4-15(3,5-2)25-13-10-11(6-7-12(13)16(17,18)19)14(20)24-8-9-26(21,22)23/h1,6-7,10H,5,8-9H2,2-3H3,(H,21,22,23). The summed E-state index contributed by atoms with van der Waals surface area (Å²) in [7, 11) is -4.34. The number of hydrogen-bond acceptors (Lipinski definition) is 5. The summed E-state index contributed by atoms with van der Waals surface area (Å²) in [5.41, 5.74) is -2.74. The SMILES string of the molecule is C#CC(C)(CC)Oc1cc(C(=O)OCCS(=O)(=O)O)ccc1C(F)(F)F. The van der Waals surface area contributed by atoms with Crippen LogP contribution in [0.5, 0.6) is 5.75 Å². The van der Waals surface area contributed by atoms with Gasteiger partial charge in [0.15, 0.2) is 5.60 Å². The molecule has 1 aromatic rings. The van der Waals surface area contributed by atoms with Crippen LogP contribution >= 0.6 is 0 Å². The van der Waals surface area contributed by atoms with Gasteiger partial charge >= 0.3 is 12.1 Å². The Labute approximate surface area is 149 Å². The molecule has 6 nitrogen and oxygen atoms in total. The Bertz CT molecular complexity index is 810. The van der Waals surface area contributed by atoms with Gasteiger partial charge in [0.05, 0.1) is 11.1 Å². The molecule has 0 heterocycles. The lowest BCUT2D eigenvalue weighted by Gasteiger charge is -2.26. The minimum atomic E-state index is -4.74. The lowest BCUT2D eigenvalue weighted by molar-refractivity contribution is -0.139. The summed E-state index contributed by atoms with van der Waals surface area (Å²) in [6.45, 7) is 2.39. The summed E-state index contributed by atoms with van der Waals surface area (Å²) in [5, 5.41) is 0. The third-order valence-electron chi connectivity index (χ3n) is 3.41. The van der Waals surface area contributed by atoms with Crippen molar-refractivity contribution in [3.05, 3.63) is 29.3 Å². The van der Waals surface area contributed by atoms with Crippen LogP contribution in [0.25, 0.3) is 0 Å². The molecule has 0 amide bonds. The Morgan fingerprint density at radius 2 is 1.96 bits per heavy atom. The maximum atomic E-state index is 13.2. The Morgan fingerprint density at radius 3 is 2.42 bits per heavy atom. The lowest BCUT2D eigenvalue weighted by Crippen LogP contribution is -2.30. The molecular weight excluding hydrogens is 377 g/mol. The molecule has 0 radical (unpaired) electrons. The molecule has 0 aliphatic heterocycles. The van der Waals surface area contributed by atoms with Crippen molar-refractivity contribution in [2.75, 3.05) is 12.4 Å². The van der Waals surface area contributed by atoms with Crippen LogP contribution in [0.15, 0.2) is 18.2 Å². The molecule has 0 spiro atoms. The van der Waals surface area contributed by atoms with Crippen LogP contribution in [-0.4, -0.2) is 36.9 Å². The molecule has 1 unspecified atom stereocenters. The molecular formula is C16H17F3O6S. The van der Waals surface area contributed by atoms with Crippen molar-refractivity contribution in [3.8, 4) is 18.1 Å². The topological polar surface area (TPSA) is 89.9 Å². The van der Waals surface area contributed by atoms with Crippen LogP contribution < -0.4 is 4.74 Å². The number of esters is 1. The van der Waals surface area contributed by atoms with Crippen LogP contribution in [0.3, 0.4) is 0 Å². The molecule has 0 aliphatic rings. The van der Waals surface area contributed by atoms with E-state index in [1.54, 1.807) is 6.92 Å². The fourth-order valence-corrected chi connectivity index (χ4v) is 2.03. The maximum absolute atomic E-state index is 13.2. The second kappa shape index (κ2) is 7.97. The van der Waals surface area contributed by atoms with E-state index in [2.05, 4.69) is 10.7 Å². The highest BCUT2D eigenvalue weighted by Crippen LogP contribution is 2.38. The molecule has 144 valence electrons. The van der Waals surface area contributed by atoms with E-state index in [9.17, 15) is 26.4 Å². The zero-order chi connectivity index (χ0) is 20.2. The number of terminal acetylenes is 1. The van der Waals surface area contributed by atoms with Gasteiger partial charge in [-0.3, -0.25) is 4.55 Å². The van der Waals surface area contributed by atoms with Crippen molar-refractivity contribution >= 4 is 16.1 Å². The molecule has 1 aromatic carbocycles. The zero-order valence-electron chi connectivity index (χ0n) is 14.0. The molecule has 1 N–H and O–H groups in total. The highest BCUT2D eigenvalue weighted by Gasteiger charge is 2.36. The molecule has 0 aromatic heterocycles. The summed E-state index contributed by atoms with van der Waals surface area (Å²) in [6, 6.07) is 2.33. The van der Waals surface area contributed by atoms with Gasteiger partial charge in [-0.15, -0.1) is 6.42 Å². The lowest BCUT2D eigenvalue weighted by atomic mass is 10.0.